The third kappa shape index (κ3) is 2.71. The minimum absolute atomic E-state index is 0.238. The first-order chi connectivity index (χ1) is 5.68. The summed E-state index contributed by atoms with van der Waals surface area (Å²) in [6.45, 7) is 2.08. The van der Waals surface area contributed by atoms with Gasteiger partial charge in [0.2, 0.25) is 0 Å². The van der Waals surface area contributed by atoms with E-state index >= 15 is 0 Å². The molecular formula is C7H11N3O2. The van der Waals surface area contributed by atoms with Crippen molar-refractivity contribution in [3.05, 3.63) is 22.5 Å². The molecule has 5 heteroatoms. The van der Waals surface area contributed by atoms with Gasteiger partial charge in [0, 0.05) is 12.6 Å². The normalized spacial score (nSPS) is 12.5. The molecular weight excluding hydrogens is 158 g/mol. The van der Waals surface area contributed by atoms with Gasteiger partial charge in [-0.05, 0) is 13.0 Å². The highest BCUT2D eigenvalue weighted by Crippen LogP contribution is 1.95. The number of aromatic amines is 1. The summed E-state index contributed by atoms with van der Waals surface area (Å²) in [5.41, 5.74) is -0.238. The van der Waals surface area contributed by atoms with Crippen LogP contribution in [0.1, 0.15) is 6.92 Å². The van der Waals surface area contributed by atoms with Gasteiger partial charge in [-0.15, -0.1) is 0 Å². The minimum atomic E-state index is -0.432. The molecule has 0 fully saturated rings. The Labute approximate surface area is 69.4 Å². The first-order valence-corrected chi connectivity index (χ1v) is 3.66. The fourth-order valence-corrected chi connectivity index (χ4v) is 0.695. The van der Waals surface area contributed by atoms with E-state index in [1.807, 2.05) is 0 Å². The van der Waals surface area contributed by atoms with Crippen LogP contribution < -0.4 is 10.9 Å². The van der Waals surface area contributed by atoms with Crippen LogP contribution in [0.4, 0.5) is 5.82 Å². The van der Waals surface area contributed by atoms with Crippen LogP contribution in [0.25, 0.3) is 0 Å². The van der Waals surface area contributed by atoms with Crippen molar-refractivity contribution in [2.45, 2.75) is 13.0 Å². The number of aliphatic hydroxyl groups is 1. The van der Waals surface area contributed by atoms with Crippen LogP contribution in [0.5, 0.6) is 0 Å². The number of rotatable bonds is 3. The monoisotopic (exact) mass is 169 g/mol. The van der Waals surface area contributed by atoms with E-state index in [1.165, 1.54) is 6.07 Å². The summed E-state index contributed by atoms with van der Waals surface area (Å²) >= 11 is 0. The van der Waals surface area contributed by atoms with Crippen molar-refractivity contribution in [3.8, 4) is 0 Å². The number of nitrogens with one attached hydrogen (secondary N) is 2. The van der Waals surface area contributed by atoms with Crippen LogP contribution in [-0.4, -0.2) is 28.0 Å². The highest BCUT2D eigenvalue weighted by molar-refractivity contribution is 5.31. The molecule has 1 heterocycles. The molecule has 66 valence electrons. The number of nitrogens with zero attached hydrogens (tertiary/aromatic N) is 1. The van der Waals surface area contributed by atoms with Crippen LogP contribution in [0.3, 0.4) is 0 Å². The average Bonchev–Trinajstić information content (AvgIpc) is 2.03. The molecule has 12 heavy (non-hydrogen) atoms. The first-order valence-electron chi connectivity index (χ1n) is 3.66. The predicted molar refractivity (Wildman–Crippen MR) is 45.0 cm³/mol. The number of H-pyrrole nitrogens is 1. The van der Waals surface area contributed by atoms with Gasteiger partial charge in [0.05, 0.1) is 6.10 Å². The SMILES string of the molecule is C[C@@H](O)CNc1ccc(=O)[nH]n1. The lowest BCUT2D eigenvalue weighted by atomic mass is 10.4. The maximum atomic E-state index is 10.6. The van der Waals surface area contributed by atoms with Crippen molar-refractivity contribution < 1.29 is 5.11 Å². The van der Waals surface area contributed by atoms with E-state index < -0.39 is 6.10 Å². The minimum Gasteiger partial charge on any atom is -0.392 e. The topological polar surface area (TPSA) is 78.0 Å². The maximum absolute atomic E-state index is 10.6. The lowest BCUT2D eigenvalue weighted by molar-refractivity contribution is 0.208. The largest absolute Gasteiger partial charge is 0.392 e. The van der Waals surface area contributed by atoms with E-state index in [2.05, 4.69) is 15.5 Å². The molecule has 0 bridgehead atoms. The van der Waals surface area contributed by atoms with Gasteiger partial charge in [-0.25, -0.2) is 5.10 Å². The van der Waals surface area contributed by atoms with Crippen LogP contribution in [0.2, 0.25) is 0 Å². The van der Waals surface area contributed by atoms with E-state index in [9.17, 15) is 4.79 Å². The molecule has 0 saturated heterocycles. The van der Waals surface area contributed by atoms with Crippen molar-refractivity contribution in [3.63, 3.8) is 0 Å². The fourth-order valence-electron chi connectivity index (χ4n) is 0.695. The summed E-state index contributed by atoms with van der Waals surface area (Å²) in [6.07, 6.45) is -0.432. The van der Waals surface area contributed by atoms with Gasteiger partial charge in [-0.3, -0.25) is 4.79 Å². The van der Waals surface area contributed by atoms with Gasteiger partial charge in [0.15, 0.2) is 0 Å². The lowest BCUT2D eigenvalue weighted by Gasteiger charge is -2.05. The molecule has 1 aromatic rings. The summed E-state index contributed by atoms with van der Waals surface area (Å²) < 4.78 is 0. The summed E-state index contributed by atoms with van der Waals surface area (Å²) in [7, 11) is 0. The zero-order valence-electron chi connectivity index (χ0n) is 6.74. The van der Waals surface area contributed by atoms with Gasteiger partial charge in [0.25, 0.3) is 5.56 Å². The fraction of sp³-hybridized carbons (Fsp3) is 0.429. The molecule has 0 aromatic carbocycles. The van der Waals surface area contributed by atoms with Gasteiger partial charge in [-0.2, -0.15) is 5.10 Å². The standard InChI is InChI=1S/C7H11N3O2/c1-5(11)4-8-6-2-3-7(12)10-9-6/h2-3,5,11H,4H2,1H3,(H,8,9)(H,10,12)/t5-/m1/s1. The zero-order chi connectivity index (χ0) is 8.97. The molecule has 3 N–H and O–H groups in total. The Morgan fingerprint density at radius 1 is 1.75 bits per heavy atom. The third-order valence-corrected chi connectivity index (χ3v) is 1.26. The van der Waals surface area contributed by atoms with E-state index in [0.29, 0.717) is 12.4 Å². The molecule has 1 atom stereocenters. The quantitative estimate of drug-likeness (QED) is 0.573. The average molecular weight is 169 g/mol. The Bertz CT molecular complexity index is 274. The van der Waals surface area contributed by atoms with Crippen LogP contribution in [0, 0.1) is 0 Å². The highest BCUT2D eigenvalue weighted by Gasteiger charge is 1.95. The van der Waals surface area contributed by atoms with Crippen LogP contribution in [0.15, 0.2) is 16.9 Å². The predicted octanol–water partition coefficient (Wildman–Crippen LogP) is -0.437. The third-order valence-electron chi connectivity index (χ3n) is 1.26. The number of aromatic nitrogens is 2. The van der Waals surface area contributed by atoms with Crippen molar-refractivity contribution in [2.75, 3.05) is 11.9 Å². The first kappa shape index (κ1) is 8.73. The second kappa shape index (κ2) is 3.87. The van der Waals surface area contributed by atoms with Gasteiger partial charge < -0.3 is 10.4 Å². The Hall–Kier alpha value is -1.36. The van der Waals surface area contributed by atoms with E-state index in [0.717, 1.165) is 0 Å². The second-order valence-electron chi connectivity index (χ2n) is 2.54. The van der Waals surface area contributed by atoms with Gasteiger partial charge in [-0.1, -0.05) is 0 Å². The molecule has 0 radical (unpaired) electrons. The summed E-state index contributed by atoms with van der Waals surface area (Å²) in [6, 6.07) is 2.93. The van der Waals surface area contributed by atoms with Crippen molar-refractivity contribution in [2.24, 2.45) is 0 Å². The van der Waals surface area contributed by atoms with Crippen molar-refractivity contribution >= 4 is 5.82 Å². The summed E-state index contributed by atoms with van der Waals surface area (Å²) in [5.74, 6) is 0.551. The smallest absolute Gasteiger partial charge is 0.264 e. The maximum Gasteiger partial charge on any atom is 0.264 e. The molecule has 1 rings (SSSR count). The van der Waals surface area contributed by atoms with E-state index in [1.54, 1.807) is 13.0 Å². The summed E-state index contributed by atoms with van der Waals surface area (Å²) in [4.78, 5) is 10.6. The Morgan fingerprint density at radius 2 is 2.50 bits per heavy atom. The molecule has 0 unspecified atom stereocenters. The van der Waals surface area contributed by atoms with E-state index in [-0.39, 0.29) is 5.56 Å². The zero-order valence-corrected chi connectivity index (χ0v) is 6.74. The number of hydrogen-bond acceptors (Lipinski definition) is 4. The Morgan fingerprint density at radius 3 is 3.00 bits per heavy atom. The highest BCUT2D eigenvalue weighted by atomic mass is 16.3. The van der Waals surface area contributed by atoms with Crippen molar-refractivity contribution in [1.29, 1.82) is 0 Å². The van der Waals surface area contributed by atoms with E-state index in [4.69, 9.17) is 5.11 Å². The Balaban J connectivity index is 2.53. The van der Waals surface area contributed by atoms with Crippen LogP contribution >= 0.6 is 0 Å². The van der Waals surface area contributed by atoms with Gasteiger partial charge >= 0.3 is 0 Å². The molecule has 0 saturated carbocycles. The number of anilines is 1. The molecule has 1 aromatic heterocycles. The number of hydrogen-bond donors (Lipinski definition) is 3. The van der Waals surface area contributed by atoms with Crippen LogP contribution in [-0.2, 0) is 0 Å². The molecule has 0 aliphatic carbocycles. The molecule has 5 nitrogen and oxygen atoms in total. The molecule has 0 amide bonds. The summed E-state index contributed by atoms with van der Waals surface area (Å²) in [5, 5.41) is 17.7. The Kier molecular flexibility index (Phi) is 2.82. The lowest BCUT2D eigenvalue weighted by Crippen LogP contribution is -2.17. The van der Waals surface area contributed by atoms with Crippen molar-refractivity contribution in [1.82, 2.24) is 10.2 Å². The molecule has 0 aliphatic heterocycles. The van der Waals surface area contributed by atoms with Gasteiger partial charge in [0.1, 0.15) is 5.82 Å². The second-order valence-corrected chi connectivity index (χ2v) is 2.54. The molecule has 0 aliphatic rings. The molecule has 0 spiro atoms. The number of aliphatic hydroxyl groups excluding tert-OH is 1.